The Kier molecular flexibility index (Phi) is 5.96. The van der Waals surface area contributed by atoms with Crippen molar-refractivity contribution in [3.63, 3.8) is 0 Å². The summed E-state index contributed by atoms with van der Waals surface area (Å²) >= 11 is 0. The first-order chi connectivity index (χ1) is 18.1. The molecule has 1 aliphatic heterocycles. The van der Waals surface area contributed by atoms with Crippen LogP contribution in [0.5, 0.6) is 0 Å². The number of nitrogens with one attached hydrogen (secondary N) is 1. The lowest BCUT2D eigenvalue weighted by Crippen LogP contribution is -2.52. The van der Waals surface area contributed by atoms with Crippen LogP contribution in [0.25, 0.3) is 33.3 Å². The lowest BCUT2D eigenvalue weighted by molar-refractivity contribution is -0.141. The van der Waals surface area contributed by atoms with Gasteiger partial charge in [-0.2, -0.15) is 0 Å². The molecule has 3 aromatic carbocycles. The van der Waals surface area contributed by atoms with E-state index in [0.717, 1.165) is 45.3 Å². The van der Waals surface area contributed by atoms with Gasteiger partial charge in [-0.1, -0.05) is 60.7 Å². The van der Waals surface area contributed by atoms with E-state index in [4.69, 9.17) is 10.7 Å². The second kappa shape index (κ2) is 9.58. The number of aromatic nitrogens is 3. The molecule has 0 bridgehead atoms. The van der Waals surface area contributed by atoms with E-state index in [-0.39, 0.29) is 11.9 Å². The van der Waals surface area contributed by atoms with Crippen LogP contribution in [0, 0.1) is 0 Å². The lowest BCUT2D eigenvalue weighted by atomic mass is 9.94. The highest BCUT2D eigenvalue weighted by molar-refractivity contribution is 5.88. The third-order valence-electron chi connectivity index (χ3n) is 7.50. The number of carbonyl (C=O) groups is 2. The minimum absolute atomic E-state index is 0.00206. The standard InChI is InChI=1S/C30H29N5O2/c31-29(37)27-18-22(35-26-13-7-6-12-25(26)33-30(35)20-8-2-1-3-9-20)16-17-34(27)28(36)15-14-21-19-32-24-11-5-4-10-23(21)24/h1-13,19,22,27,32H,14-18H2,(H2,31,37). The number of amides is 2. The summed E-state index contributed by atoms with van der Waals surface area (Å²) in [4.78, 5) is 35.8. The molecule has 1 aliphatic rings. The number of para-hydroxylation sites is 3. The normalized spacial score (nSPS) is 17.9. The number of aromatic amines is 1. The molecule has 3 heterocycles. The number of primary amides is 1. The average molecular weight is 492 g/mol. The molecule has 5 aromatic rings. The van der Waals surface area contributed by atoms with Crippen molar-refractivity contribution >= 4 is 33.8 Å². The van der Waals surface area contributed by atoms with E-state index in [9.17, 15) is 9.59 Å². The largest absolute Gasteiger partial charge is 0.368 e. The van der Waals surface area contributed by atoms with Gasteiger partial charge in [-0.05, 0) is 43.0 Å². The van der Waals surface area contributed by atoms with Crippen molar-refractivity contribution in [1.82, 2.24) is 19.4 Å². The Bertz CT molecular complexity index is 1590. The predicted molar refractivity (Wildman–Crippen MR) is 145 cm³/mol. The van der Waals surface area contributed by atoms with Gasteiger partial charge in [0.15, 0.2) is 0 Å². The molecule has 2 unspecified atom stereocenters. The fourth-order valence-electron chi connectivity index (χ4n) is 5.68. The molecule has 37 heavy (non-hydrogen) atoms. The molecule has 7 nitrogen and oxygen atoms in total. The molecular weight excluding hydrogens is 462 g/mol. The summed E-state index contributed by atoms with van der Waals surface area (Å²) in [6.45, 7) is 0.478. The molecule has 6 rings (SSSR count). The van der Waals surface area contributed by atoms with Gasteiger partial charge in [-0.3, -0.25) is 9.59 Å². The number of imidazole rings is 1. The number of piperidine rings is 1. The maximum atomic E-state index is 13.3. The summed E-state index contributed by atoms with van der Waals surface area (Å²) in [5.41, 5.74) is 11.0. The number of hydrogen-bond donors (Lipinski definition) is 2. The number of aryl methyl sites for hydroxylation is 1. The van der Waals surface area contributed by atoms with E-state index in [2.05, 4.69) is 21.7 Å². The van der Waals surface area contributed by atoms with Crippen LogP contribution in [0.3, 0.4) is 0 Å². The van der Waals surface area contributed by atoms with Gasteiger partial charge in [0.05, 0.1) is 11.0 Å². The Morgan fingerprint density at radius 3 is 2.57 bits per heavy atom. The second-order valence-electron chi connectivity index (χ2n) is 9.70. The molecule has 0 spiro atoms. The number of H-pyrrole nitrogens is 1. The number of benzene rings is 3. The minimum atomic E-state index is -0.654. The Labute approximate surface area is 214 Å². The molecule has 7 heteroatoms. The van der Waals surface area contributed by atoms with Crippen molar-refractivity contribution in [3.8, 4) is 11.4 Å². The van der Waals surface area contributed by atoms with Crippen LogP contribution in [0.4, 0.5) is 0 Å². The van der Waals surface area contributed by atoms with E-state index in [0.29, 0.717) is 25.8 Å². The van der Waals surface area contributed by atoms with E-state index in [1.54, 1.807) is 4.90 Å². The molecule has 186 valence electrons. The van der Waals surface area contributed by atoms with Crippen LogP contribution < -0.4 is 5.73 Å². The summed E-state index contributed by atoms with van der Waals surface area (Å²) in [5.74, 6) is 0.372. The van der Waals surface area contributed by atoms with Gasteiger partial charge in [-0.25, -0.2) is 4.98 Å². The van der Waals surface area contributed by atoms with Gasteiger partial charge in [0, 0.05) is 41.7 Å². The first kappa shape index (κ1) is 23.0. The minimum Gasteiger partial charge on any atom is -0.368 e. The van der Waals surface area contributed by atoms with Gasteiger partial charge in [-0.15, -0.1) is 0 Å². The summed E-state index contributed by atoms with van der Waals surface area (Å²) < 4.78 is 2.23. The molecular formula is C30H29N5O2. The van der Waals surface area contributed by atoms with E-state index >= 15 is 0 Å². The van der Waals surface area contributed by atoms with E-state index < -0.39 is 11.9 Å². The summed E-state index contributed by atoms with van der Waals surface area (Å²) in [7, 11) is 0. The predicted octanol–water partition coefficient (Wildman–Crippen LogP) is 4.83. The first-order valence-electron chi connectivity index (χ1n) is 12.8. The van der Waals surface area contributed by atoms with Crippen molar-refractivity contribution in [3.05, 3.63) is 90.6 Å². The smallest absolute Gasteiger partial charge is 0.240 e. The highest BCUT2D eigenvalue weighted by Crippen LogP contribution is 2.35. The molecule has 2 amide bonds. The van der Waals surface area contributed by atoms with Crippen molar-refractivity contribution in [2.75, 3.05) is 6.54 Å². The van der Waals surface area contributed by atoms with Crippen LogP contribution in [-0.2, 0) is 16.0 Å². The fraction of sp³-hybridized carbons (Fsp3) is 0.233. The van der Waals surface area contributed by atoms with Gasteiger partial charge < -0.3 is 20.2 Å². The fourth-order valence-corrected chi connectivity index (χ4v) is 5.68. The maximum absolute atomic E-state index is 13.3. The Balaban J connectivity index is 1.25. The number of nitrogens with zero attached hydrogens (tertiary/aromatic N) is 3. The van der Waals surface area contributed by atoms with Crippen LogP contribution in [0.1, 0.15) is 30.9 Å². The molecule has 1 fully saturated rings. The van der Waals surface area contributed by atoms with Crippen LogP contribution in [-0.4, -0.2) is 43.8 Å². The molecule has 0 radical (unpaired) electrons. The van der Waals surface area contributed by atoms with E-state index in [1.807, 2.05) is 72.9 Å². The Morgan fingerprint density at radius 1 is 0.973 bits per heavy atom. The monoisotopic (exact) mass is 491 g/mol. The first-order valence-corrected chi connectivity index (χ1v) is 12.8. The Hall–Kier alpha value is -4.39. The zero-order valence-electron chi connectivity index (χ0n) is 20.5. The number of likely N-dealkylation sites (tertiary alicyclic amines) is 1. The van der Waals surface area contributed by atoms with Crippen molar-refractivity contribution in [2.24, 2.45) is 5.73 Å². The Morgan fingerprint density at radius 2 is 1.73 bits per heavy atom. The summed E-state index contributed by atoms with van der Waals surface area (Å²) in [5, 5.41) is 1.13. The highest BCUT2D eigenvalue weighted by Gasteiger charge is 2.36. The van der Waals surface area contributed by atoms with Gasteiger partial charge in [0.2, 0.25) is 11.8 Å². The summed E-state index contributed by atoms with van der Waals surface area (Å²) in [6.07, 6.45) is 4.10. The molecule has 3 N–H and O–H groups in total. The number of hydrogen-bond acceptors (Lipinski definition) is 3. The third kappa shape index (κ3) is 4.27. The lowest BCUT2D eigenvalue weighted by Gasteiger charge is -2.39. The van der Waals surface area contributed by atoms with Gasteiger partial charge in [0.25, 0.3) is 0 Å². The zero-order chi connectivity index (χ0) is 25.4. The molecule has 1 saturated heterocycles. The number of fused-ring (bicyclic) bond motifs is 2. The molecule has 2 atom stereocenters. The van der Waals surface area contributed by atoms with Crippen molar-refractivity contribution < 1.29 is 9.59 Å². The molecule has 0 aliphatic carbocycles. The number of rotatable bonds is 6. The number of carbonyl (C=O) groups excluding carboxylic acids is 2. The molecule has 0 saturated carbocycles. The van der Waals surface area contributed by atoms with E-state index in [1.165, 1.54) is 0 Å². The van der Waals surface area contributed by atoms with Crippen LogP contribution in [0.2, 0.25) is 0 Å². The maximum Gasteiger partial charge on any atom is 0.240 e. The second-order valence-corrected chi connectivity index (χ2v) is 9.70. The zero-order valence-corrected chi connectivity index (χ0v) is 20.5. The van der Waals surface area contributed by atoms with Gasteiger partial charge in [0.1, 0.15) is 11.9 Å². The van der Waals surface area contributed by atoms with Crippen LogP contribution in [0.15, 0.2) is 85.1 Å². The van der Waals surface area contributed by atoms with Crippen molar-refractivity contribution in [2.45, 2.75) is 37.8 Å². The van der Waals surface area contributed by atoms with Gasteiger partial charge >= 0.3 is 0 Å². The molecule has 2 aromatic heterocycles. The van der Waals surface area contributed by atoms with Crippen LogP contribution >= 0.6 is 0 Å². The SMILES string of the molecule is NC(=O)C1CC(n2c(-c3ccccc3)nc3ccccc32)CCN1C(=O)CCc1c[nH]c2ccccc12. The highest BCUT2D eigenvalue weighted by atomic mass is 16.2. The number of nitrogens with two attached hydrogens (primary N) is 1. The summed E-state index contributed by atoms with van der Waals surface area (Å²) in [6, 6.07) is 25.6. The average Bonchev–Trinajstić information content (AvgIpc) is 3.53. The third-order valence-corrected chi connectivity index (χ3v) is 7.50. The van der Waals surface area contributed by atoms with Crippen molar-refractivity contribution in [1.29, 1.82) is 0 Å². The topological polar surface area (TPSA) is 97.0 Å². The quantitative estimate of drug-likeness (QED) is 0.356.